The first kappa shape index (κ1) is 30.9. The number of rotatable bonds is 10. The Morgan fingerprint density at radius 2 is 1.40 bits per heavy atom. The third-order valence-corrected chi connectivity index (χ3v) is 6.39. The molecular formula is C29H33ClO10. The highest BCUT2D eigenvalue weighted by Crippen LogP contribution is 2.39. The highest BCUT2D eigenvalue weighted by Gasteiger charge is 2.52. The lowest BCUT2D eigenvalue weighted by atomic mass is 9.89. The molecule has 5 atom stereocenters. The summed E-state index contributed by atoms with van der Waals surface area (Å²) in [7, 11) is 0. The Balaban J connectivity index is 2.03. The maximum Gasteiger partial charge on any atom is 0.303 e. The van der Waals surface area contributed by atoms with Gasteiger partial charge in [-0.05, 0) is 48.2 Å². The van der Waals surface area contributed by atoms with Crippen molar-refractivity contribution in [2.45, 2.75) is 71.6 Å². The van der Waals surface area contributed by atoms with E-state index in [4.69, 9.17) is 40.0 Å². The van der Waals surface area contributed by atoms with E-state index in [2.05, 4.69) is 0 Å². The molecule has 10 nitrogen and oxygen atoms in total. The van der Waals surface area contributed by atoms with E-state index in [-0.39, 0.29) is 6.61 Å². The van der Waals surface area contributed by atoms with Gasteiger partial charge in [-0.3, -0.25) is 19.2 Å². The van der Waals surface area contributed by atoms with Crippen LogP contribution < -0.4 is 4.74 Å². The van der Waals surface area contributed by atoms with Crippen LogP contribution in [0, 0.1) is 0 Å². The number of halogens is 1. The predicted octanol–water partition coefficient (Wildman–Crippen LogP) is 4.13. The summed E-state index contributed by atoms with van der Waals surface area (Å²) < 4.78 is 33.5. The lowest BCUT2D eigenvalue weighted by Gasteiger charge is -2.44. The van der Waals surface area contributed by atoms with Crippen molar-refractivity contribution in [3.05, 3.63) is 64.2 Å². The van der Waals surface area contributed by atoms with Gasteiger partial charge >= 0.3 is 23.9 Å². The highest BCUT2D eigenvalue weighted by molar-refractivity contribution is 6.31. The van der Waals surface area contributed by atoms with E-state index < -0.39 is 54.4 Å². The third kappa shape index (κ3) is 8.43. The first-order valence-corrected chi connectivity index (χ1v) is 13.2. The molecule has 1 unspecified atom stereocenters. The molecule has 0 bridgehead atoms. The van der Waals surface area contributed by atoms with Gasteiger partial charge in [0.15, 0.2) is 18.3 Å². The Morgan fingerprint density at radius 1 is 0.800 bits per heavy atom. The van der Waals surface area contributed by atoms with Crippen molar-refractivity contribution in [3.63, 3.8) is 0 Å². The van der Waals surface area contributed by atoms with E-state index in [0.29, 0.717) is 23.6 Å². The first-order chi connectivity index (χ1) is 19.0. The Kier molecular flexibility index (Phi) is 10.9. The lowest BCUT2D eigenvalue weighted by molar-refractivity contribution is -0.254. The molecule has 2 aromatic carbocycles. The first-order valence-electron chi connectivity index (χ1n) is 12.8. The molecule has 1 fully saturated rings. The van der Waals surface area contributed by atoms with Crippen LogP contribution in [-0.4, -0.2) is 61.5 Å². The normalized spacial score (nSPS) is 22.1. The van der Waals surface area contributed by atoms with Crippen LogP contribution in [0.15, 0.2) is 42.5 Å². The van der Waals surface area contributed by atoms with Crippen molar-refractivity contribution in [2.24, 2.45) is 0 Å². The standard InChI is InChI=1S/C29H33ClO10/c1-6-35-23-10-7-20(8-11-23)13-22-14-21(9-12-24(22)30)26-28(38-18(4)33)29(39-19(5)34)27(37-17(3)32)25(40-26)15-36-16(2)31/h7-12,14,25-29H,6,13,15H2,1-5H3/t25-,26+,27-,28+,29?/m1/s1. The van der Waals surface area contributed by atoms with Crippen molar-refractivity contribution in [3.8, 4) is 5.75 Å². The molecule has 0 spiro atoms. The summed E-state index contributed by atoms with van der Waals surface area (Å²) >= 11 is 6.54. The van der Waals surface area contributed by atoms with E-state index in [1.165, 1.54) is 27.7 Å². The van der Waals surface area contributed by atoms with Crippen LogP contribution in [0.3, 0.4) is 0 Å². The second kappa shape index (κ2) is 14.1. The summed E-state index contributed by atoms with van der Waals surface area (Å²) in [5, 5.41) is 0.503. The quantitative estimate of drug-likeness (QED) is 0.301. The van der Waals surface area contributed by atoms with Gasteiger partial charge in [0.1, 0.15) is 24.6 Å². The summed E-state index contributed by atoms with van der Waals surface area (Å²) in [5.74, 6) is -1.89. The molecule has 0 aliphatic carbocycles. The van der Waals surface area contributed by atoms with Crippen LogP contribution >= 0.6 is 11.6 Å². The minimum Gasteiger partial charge on any atom is -0.494 e. The lowest BCUT2D eigenvalue weighted by Crippen LogP contribution is -2.59. The molecule has 1 heterocycles. The Hall–Kier alpha value is -3.63. The van der Waals surface area contributed by atoms with Crippen molar-refractivity contribution in [2.75, 3.05) is 13.2 Å². The fourth-order valence-electron chi connectivity index (χ4n) is 4.49. The molecule has 0 saturated carbocycles. The van der Waals surface area contributed by atoms with E-state index in [0.717, 1.165) is 16.9 Å². The second-order valence-electron chi connectivity index (χ2n) is 9.22. The van der Waals surface area contributed by atoms with Crippen molar-refractivity contribution in [1.29, 1.82) is 0 Å². The van der Waals surface area contributed by atoms with E-state index in [1.807, 2.05) is 31.2 Å². The SMILES string of the molecule is CCOc1ccc(Cc2cc([C@@H]3O[C@H](COC(C)=O)[C@@H](OC(C)=O)C(OC(C)=O)[C@H]3OC(C)=O)ccc2Cl)cc1. The third-order valence-electron chi connectivity index (χ3n) is 6.02. The minimum atomic E-state index is -1.25. The number of carbonyl (C=O) groups is 4. The monoisotopic (exact) mass is 576 g/mol. The van der Waals surface area contributed by atoms with Gasteiger partial charge in [-0.2, -0.15) is 0 Å². The fourth-order valence-corrected chi connectivity index (χ4v) is 4.68. The molecule has 2 aromatic rings. The molecule has 0 N–H and O–H groups in total. The molecule has 216 valence electrons. The molecule has 3 rings (SSSR count). The summed E-state index contributed by atoms with van der Waals surface area (Å²) in [4.78, 5) is 47.8. The van der Waals surface area contributed by atoms with Gasteiger partial charge in [-0.25, -0.2) is 0 Å². The van der Waals surface area contributed by atoms with Gasteiger partial charge < -0.3 is 28.4 Å². The predicted molar refractivity (Wildman–Crippen MR) is 143 cm³/mol. The molecule has 40 heavy (non-hydrogen) atoms. The van der Waals surface area contributed by atoms with Crippen LogP contribution in [0.4, 0.5) is 0 Å². The van der Waals surface area contributed by atoms with Crippen LogP contribution in [-0.2, 0) is 49.3 Å². The summed E-state index contributed by atoms with van der Waals surface area (Å²) in [6, 6.07) is 12.8. The van der Waals surface area contributed by atoms with Gasteiger partial charge in [0.2, 0.25) is 0 Å². The molecule has 1 aliphatic heterocycles. The molecule has 0 amide bonds. The summed E-state index contributed by atoms with van der Waals surface area (Å²) in [6.45, 7) is 6.94. The fraction of sp³-hybridized carbons (Fsp3) is 0.448. The average Bonchev–Trinajstić information content (AvgIpc) is 2.87. The average molecular weight is 577 g/mol. The van der Waals surface area contributed by atoms with Gasteiger partial charge in [0.25, 0.3) is 0 Å². The Morgan fingerprint density at radius 3 is 1.98 bits per heavy atom. The van der Waals surface area contributed by atoms with Crippen molar-refractivity contribution in [1.82, 2.24) is 0 Å². The largest absolute Gasteiger partial charge is 0.494 e. The van der Waals surface area contributed by atoms with E-state index in [1.54, 1.807) is 18.2 Å². The van der Waals surface area contributed by atoms with Gasteiger partial charge in [-0.1, -0.05) is 35.9 Å². The van der Waals surface area contributed by atoms with Gasteiger partial charge in [0.05, 0.1) is 6.61 Å². The second-order valence-corrected chi connectivity index (χ2v) is 9.63. The molecule has 11 heteroatoms. The number of hydrogen-bond donors (Lipinski definition) is 0. The molecular weight excluding hydrogens is 544 g/mol. The summed E-state index contributed by atoms with van der Waals surface area (Å²) in [5.41, 5.74) is 2.29. The number of benzene rings is 2. The minimum absolute atomic E-state index is 0.305. The topological polar surface area (TPSA) is 124 Å². The van der Waals surface area contributed by atoms with Crippen LogP contribution in [0.2, 0.25) is 5.02 Å². The molecule has 0 aromatic heterocycles. The summed E-state index contributed by atoms with van der Waals surface area (Å²) in [6.07, 6.45) is -5.23. The highest BCUT2D eigenvalue weighted by atomic mass is 35.5. The van der Waals surface area contributed by atoms with Crippen molar-refractivity contribution >= 4 is 35.5 Å². The zero-order chi connectivity index (χ0) is 29.4. The molecule has 1 saturated heterocycles. The molecule has 1 aliphatic rings. The Labute approximate surface area is 237 Å². The van der Waals surface area contributed by atoms with Gasteiger partial charge in [-0.15, -0.1) is 0 Å². The maximum atomic E-state index is 12.2. The number of hydrogen-bond acceptors (Lipinski definition) is 10. The van der Waals surface area contributed by atoms with Crippen LogP contribution in [0.25, 0.3) is 0 Å². The maximum absolute atomic E-state index is 12.2. The van der Waals surface area contributed by atoms with Crippen molar-refractivity contribution < 1.29 is 47.6 Å². The van der Waals surface area contributed by atoms with E-state index in [9.17, 15) is 19.2 Å². The zero-order valence-electron chi connectivity index (χ0n) is 23.0. The number of ether oxygens (including phenoxy) is 6. The smallest absolute Gasteiger partial charge is 0.303 e. The number of carbonyl (C=O) groups excluding carboxylic acids is 4. The van der Waals surface area contributed by atoms with E-state index >= 15 is 0 Å². The van der Waals surface area contributed by atoms with Crippen LogP contribution in [0.5, 0.6) is 5.75 Å². The molecule has 0 radical (unpaired) electrons. The zero-order valence-corrected chi connectivity index (χ0v) is 23.8. The Bertz CT molecular complexity index is 1210. The van der Waals surface area contributed by atoms with Crippen LogP contribution in [0.1, 0.15) is 57.4 Å². The van der Waals surface area contributed by atoms with Gasteiger partial charge in [0, 0.05) is 32.7 Å². The number of esters is 4.